The van der Waals surface area contributed by atoms with E-state index in [-0.39, 0.29) is 169 Å². The van der Waals surface area contributed by atoms with Crippen molar-refractivity contribution in [3.63, 3.8) is 0 Å². The van der Waals surface area contributed by atoms with Crippen LogP contribution in [0, 0.1) is 51.9 Å². The first-order chi connectivity index (χ1) is 48.3. The van der Waals surface area contributed by atoms with Gasteiger partial charge in [-0.3, -0.25) is 4.79 Å². The predicted molar refractivity (Wildman–Crippen MR) is 416 cm³/mol. The molecule has 0 amide bonds. The van der Waals surface area contributed by atoms with Crippen molar-refractivity contribution in [3.05, 3.63) is 251 Å². The van der Waals surface area contributed by atoms with Gasteiger partial charge in [0, 0.05) is 39.3 Å². The van der Waals surface area contributed by atoms with Crippen molar-refractivity contribution in [2.75, 3.05) is 11.9 Å². The number of alkyl halides is 1. The van der Waals surface area contributed by atoms with E-state index in [1.165, 1.54) is 59.5 Å². The van der Waals surface area contributed by atoms with Crippen LogP contribution in [-0.4, -0.2) is 59.3 Å². The number of halogens is 1. The molecule has 0 aliphatic carbocycles. The summed E-state index contributed by atoms with van der Waals surface area (Å²) in [5, 5.41) is 86.2. The van der Waals surface area contributed by atoms with E-state index in [0.29, 0.717) is 66.9 Å². The first kappa shape index (κ1) is 103. The van der Waals surface area contributed by atoms with Crippen LogP contribution in [0.15, 0.2) is 182 Å². The Bertz CT molecular complexity index is 3420. The van der Waals surface area contributed by atoms with E-state index in [4.69, 9.17) is 29.0 Å². The van der Waals surface area contributed by atoms with Crippen LogP contribution in [0.1, 0.15) is 221 Å². The summed E-state index contributed by atoms with van der Waals surface area (Å²) in [6, 6.07) is 57.0. The van der Waals surface area contributed by atoms with Gasteiger partial charge in [0.15, 0.2) is 0 Å². The summed E-state index contributed by atoms with van der Waals surface area (Å²) < 4.78 is 22.8. The van der Waals surface area contributed by atoms with E-state index in [0.717, 1.165) is 108 Å². The van der Waals surface area contributed by atoms with Gasteiger partial charge in [-0.05, 0) is 205 Å². The number of aromatic hydroxyl groups is 4. The van der Waals surface area contributed by atoms with Crippen LogP contribution >= 0.6 is 15.9 Å². The fourth-order valence-corrected chi connectivity index (χ4v) is 10.1. The molecule has 8 aromatic rings. The average molecular weight is 1660 g/mol. The zero-order valence-corrected chi connectivity index (χ0v) is 74.2. The van der Waals surface area contributed by atoms with Gasteiger partial charge in [0.05, 0.1) is 31.0 Å². The van der Waals surface area contributed by atoms with E-state index < -0.39 is 24.4 Å². The molecule has 574 valence electrons. The van der Waals surface area contributed by atoms with Gasteiger partial charge >= 0.3 is 103 Å². The van der Waals surface area contributed by atoms with Gasteiger partial charge in [0.1, 0.15) is 66.2 Å². The Balaban J connectivity index is -0.000000596. The second-order valence-electron chi connectivity index (χ2n) is 26.4. The van der Waals surface area contributed by atoms with Crippen molar-refractivity contribution in [2.45, 2.75) is 198 Å². The summed E-state index contributed by atoms with van der Waals surface area (Å²) >= 11 is 3.29. The van der Waals surface area contributed by atoms with Crippen molar-refractivity contribution in [3.8, 4) is 40.2 Å². The molecule has 1 heterocycles. The molecule has 1 aliphatic rings. The van der Waals surface area contributed by atoms with Crippen molar-refractivity contribution in [1.29, 1.82) is 0 Å². The molecule has 8 unspecified atom stereocenters. The van der Waals surface area contributed by atoms with Crippen molar-refractivity contribution in [2.24, 2.45) is 23.7 Å². The SMILES string of the molecule is CCC(C)C.CCC(C)CCC(O)c1cc(C)cc(OCc2ccccc2)c1.CCC(C)CCC(O)c1cc(O)cc(O)c1.CCC(C)CCC(O)c1cc(O)cc(O)c1.Cc1cc(OCc2ccccc2)cc(C(O)CBr)c1.Cc1cc(OCc2ccccc2)cc(C2CO2)c1.O=CO[O-].[CH3-].[H-].[HH].[K+].[K+].[Pd]. The third-order valence-electron chi connectivity index (χ3n) is 16.9. The zero-order chi connectivity index (χ0) is 74.7. The average Bonchev–Trinajstić information content (AvgIpc) is 1.76. The first-order valence-electron chi connectivity index (χ1n) is 35.3. The van der Waals surface area contributed by atoms with Gasteiger partial charge in [-0.15, -0.1) is 0 Å². The molecule has 0 saturated carbocycles. The number of aliphatic hydroxyl groups is 4. The number of hydrogen-bond donors (Lipinski definition) is 8. The minimum absolute atomic E-state index is 0. The molecule has 19 heteroatoms. The maximum atomic E-state index is 10.4. The number of carbonyl (C=O) groups excluding carboxylic acids is 1. The smallest absolute Gasteiger partial charge is 1.00 e. The first-order valence-corrected chi connectivity index (χ1v) is 36.5. The monoisotopic (exact) mass is 1660 g/mol. The minimum Gasteiger partial charge on any atom is -1.00 e. The number of hydrogen-bond acceptors (Lipinski definition) is 15. The molecule has 0 aromatic heterocycles. The maximum absolute atomic E-state index is 10.4. The number of benzene rings is 8. The number of aliphatic hydroxyl groups excluding tert-OH is 4. The summed E-state index contributed by atoms with van der Waals surface area (Å²) in [6.45, 7) is 28.1. The standard InChI is InChI=1S/C21H28O2.C16H17BrO2.C16H16O2.2C13H20O3.C5H12.CH2O3.CH3.2K.Pd.H2.H/c1-4-16(2)10-11-21(22)19-12-17(3)13-20(14-19)23-15-18-8-6-5-7-9-18;1-12-7-14(16(18)10-17)9-15(8-12)19-11-13-5-3-2-4-6-13;1-12-7-14(16-11-18-16)9-15(8-12)17-10-13-5-3-2-4-6-13;2*1-3-9(2)4-5-13(16)10-6-11(14)8-12(15)7-10;1-4-5(2)3;2-1-4-3;;;;;;/h5-9,12-14,16,21-22H,4,10-11,15H2,1-3H3;2-9,16,18H,10-11H2,1H3;2-9,16H,10-11H2,1H3;2*6-9,13-16H,3-5H2,1-2H3;5H,4H2,1-3H3;1,3H;1H3;;;;1H;/q;;;;;;;-1;2*+1;;;-1/p-1. The van der Waals surface area contributed by atoms with E-state index >= 15 is 0 Å². The second-order valence-corrected chi connectivity index (χ2v) is 27.1. The topological polar surface area (TPSA) is 251 Å². The van der Waals surface area contributed by atoms with Crippen LogP contribution in [0.3, 0.4) is 0 Å². The fraction of sp³-hybridized carbons (Fsp3) is 0.419. The Labute approximate surface area is 738 Å². The fourth-order valence-electron chi connectivity index (χ4n) is 9.76. The third-order valence-corrected chi connectivity index (χ3v) is 17.6. The predicted octanol–water partition coefficient (Wildman–Crippen LogP) is 14.3. The second kappa shape index (κ2) is 59.8. The van der Waals surface area contributed by atoms with Gasteiger partial charge in [0.2, 0.25) is 0 Å². The third kappa shape index (κ3) is 46.3. The Kier molecular flexibility index (Phi) is 58.7. The largest absolute Gasteiger partial charge is 1.00 e. The minimum atomic E-state index is -0.619. The van der Waals surface area contributed by atoms with Gasteiger partial charge in [-0.2, -0.15) is 0 Å². The number of ether oxygens (including phenoxy) is 4. The number of aryl methyl sites for hydroxylation is 3. The Morgan fingerprint density at radius 2 is 0.743 bits per heavy atom. The van der Waals surface area contributed by atoms with E-state index in [2.05, 4.69) is 139 Å². The molecular formula is C86H120BrK2O15Pd-. The number of carbonyl (C=O) groups is 1. The van der Waals surface area contributed by atoms with E-state index in [1.807, 2.05) is 111 Å². The van der Waals surface area contributed by atoms with E-state index in [1.54, 1.807) is 0 Å². The van der Waals surface area contributed by atoms with Crippen LogP contribution in [0.25, 0.3) is 0 Å². The van der Waals surface area contributed by atoms with Crippen LogP contribution in [-0.2, 0) is 54.7 Å². The normalized spacial score (nSPS) is 13.3. The summed E-state index contributed by atoms with van der Waals surface area (Å²) in [5.74, 6) is 5.18. The number of rotatable bonds is 29. The Morgan fingerprint density at radius 3 is 1.01 bits per heavy atom. The van der Waals surface area contributed by atoms with Gasteiger partial charge < -0.3 is 78.8 Å². The number of phenolic OH excluding ortho intramolecular Hbond substituents is 4. The van der Waals surface area contributed by atoms with Crippen molar-refractivity contribution < 1.29 is 201 Å². The van der Waals surface area contributed by atoms with Crippen molar-refractivity contribution >= 4 is 22.4 Å². The number of epoxide rings is 1. The molecule has 8 N–H and O–H groups in total. The van der Waals surface area contributed by atoms with Crippen LogP contribution < -0.4 is 122 Å². The molecule has 105 heavy (non-hydrogen) atoms. The molecule has 8 atom stereocenters. The van der Waals surface area contributed by atoms with Crippen LogP contribution in [0.5, 0.6) is 40.2 Å². The number of phenols is 4. The molecular weight excluding hydrogens is 1540 g/mol. The molecule has 1 aliphatic heterocycles. The molecule has 0 radical (unpaired) electrons. The molecule has 1 fully saturated rings. The molecule has 15 nitrogen and oxygen atoms in total. The Morgan fingerprint density at radius 1 is 0.467 bits per heavy atom. The van der Waals surface area contributed by atoms with Crippen molar-refractivity contribution in [1.82, 2.24) is 0 Å². The van der Waals surface area contributed by atoms with Crippen LogP contribution in [0.2, 0.25) is 0 Å². The molecule has 9 rings (SSSR count). The maximum Gasteiger partial charge on any atom is 1.00 e. The molecule has 1 saturated heterocycles. The molecule has 0 spiro atoms. The zero-order valence-electron chi connectivity index (χ0n) is 65.8. The summed E-state index contributed by atoms with van der Waals surface area (Å²) in [7, 11) is 0. The molecule has 0 bridgehead atoms. The van der Waals surface area contributed by atoms with Gasteiger partial charge in [0.25, 0.3) is 6.47 Å². The summed E-state index contributed by atoms with van der Waals surface area (Å²) in [6.07, 6.45) is 7.81. The molecule has 8 aromatic carbocycles. The van der Waals surface area contributed by atoms with Gasteiger partial charge in [-0.25, -0.2) is 0 Å². The van der Waals surface area contributed by atoms with Gasteiger partial charge in [-0.1, -0.05) is 213 Å². The summed E-state index contributed by atoms with van der Waals surface area (Å²) in [4.78, 5) is 11.2. The quantitative estimate of drug-likeness (QED) is 0.00413. The van der Waals surface area contributed by atoms with Crippen LogP contribution in [0.4, 0.5) is 0 Å². The Hall–Kier alpha value is -3.99. The van der Waals surface area contributed by atoms with E-state index in [9.17, 15) is 40.9 Å². The summed E-state index contributed by atoms with van der Waals surface area (Å²) in [5.41, 5.74) is 11.1.